The molecule has 0 bridgehead atoms. The van der Waals surface area contributed by atoms with Crippen molar-refractivity contribution in [2.45, 2.75) is 32.4 Å². The van der Waals surface area contributed by atoms with E-state index in [1.54, 1.807) is 7.11 Å². The second-order valence-corrected chi connectivity index (χ2v) is 4.32. The zero-order valence-corrected chi connectivity index (χ0v) is 10.8. The fraction of sp³-hybridized carbons (Fsp3) is 0.538. The van der Waals surface area contributed by atoms with Gasteiger partial charge in [0.1, 0.15) is 0 Å². The molecular weight excluding hydrogens is 222 g/mol. The predicted molar refractivity (Wildman–Crippen MR) is 68.9 cm³/mol. The number of methoxy groups -OCH3 is 1. The lowest BCUT2D eigenvalue weighted by molar-refractivity contribution is 0.161. The van der Waals surface area contributed by atoms with Crippen molar-refractivity contribution in [2.75, 3.05) is 13.7 Å². The second kappa shape index (κ2) is 7.66. The average molecular weight is 242 g/mol. The monoisotopic (exact) mass is 241 g/mol. The van der Waals surface area contributed by atoms with Gasteiger partial charge in [-0.1, -0.05) is 43.1 Å². The molecule has 1 atom stereocenters. The van der Waals surface area contributed by atoms with Crippen LogP contribution in [0.15, 0.2) is 24.3 Å². The van der Waals surface area contributed by atoms with Crippen LogP contribution in [0.1, 0.15) is 25.3 Å². The van der Waals surface area contributed by atoms with Crippen LogP contribution in [0.2, 0.25) is 5.02 Å². The maximum Gasteiger partial charge on any atom is 0.0615 e. The normalized spacial score (nSPS) is 12.7. The predicted octanol–water partition coefficient (Wildman–Crippen LogP) is 3.24. The number of rotatable bonds is 7. The number of hydrogen-bond acceptors (Lipinski definition) is 2. The van der Waals surface area contributed by atoms with Crippen LogP contribution < -0.4 is 5.32 Å². The summed E-state index contributed by atoms with van der Waals surface area (Å²) >= 11 is 6.09. The van der Waals surface area contributed by atoms with Crippen molar-refractivity contribution in [3.8, 4) is 0 Å². The maximum atomic E-state index is 6.09. The molecule has 0 aliphatic heterocycles. The fourth-order valence-corrected chi connectivity index (χ4v) is 1.89. The molecular formula is C13H20ClNO. The van der Waals surface area contributed by atoms with E-state index >= 15 is 0 Å². The molecule has 0 amide bonds. The van der Waals surface area contributed by atoms with Gasteiger partial charge in [-0.3, -0.25) is 0 Å². The Labute approximate surface area is 103 Å². The van der Waals surface area contributed by atoms with Gasteiger partial charge in [0.15, 0.2) is 0 Å². The number of ether oxygens (including phenoxy) is 1. The zero-order valence-electron chi connectivity index (χ0n) is 10.0. The van der Waals surface area contributed by atoms with Crippen molar-refractivity contribution >= 4 is 11.6 Å². The molecule has 2 nitrogen and oxygen atoms in total. The third-order valence-corrected chi connectivity index (χ3v) is 2.91. The van der Waals surface area contributed by atoms with Crippen molar-refractivity contribution in [1.82, 2.24) is 5.32 Å². The summed E-state index contributed by atoms with van der Waals surface area (Å²) in [5, 5.41) is 4.29. The quantitative estimate of drug-likeness (QED) is 0.791. The van der Waals surface area contributed by atoms with Gasteiger partial charge in [0, 0.05) is 24.7 Å². The molecule has 0 heterocycles. The van der Waals surface area contributed by atoms with Crippen LogP contribution in [0.4, 0.5) is 0 Å². The molecule has 0 aromatic heterocycles. The Hall–Kier alpha value is -0.570. The molecule has 1 N–H and O–H groups in total. The summed E-state index contributed by atoms with van der Waals surface area (Å²) in [5.74, 6) is 0. The van der Waals surface area contributed by atoms with E-state index in [0.29, 0.717) is 6.04 Å². The summed E-state index contributed by atoms with van der Waals surface area (Å²) in [5.41, 5.74) is 1.14. The van der Waals surface area contributed by atoms with Crippen LogP contribution in [0.3, 0.4) is 0 Å². The molecule has 0 spiro atoms. The van der Waals surface area contributed by atoms with E-state index in [9.17, 15) is 0 Å². The molecule has 0 aliphatic carbocycles. The van der Waals surface area contributed by atoms with E-state index in [0.717, 1.165) is 36.6 Å². The summed E-state index contributed by atoms with van der Waals surface area (Å²) in [6.07, 6.45) is 2.28. The number of benzene rings is 1. The van der Waals surface area contributed by atoms with Gasteiger partial charge < -0.3 is 10.1 Å². The van der Waals surface area contributed by atoms with Gasteiger partial charge in [-0.2, -0.15) is 0 Å². The van der Waals surface area contributed by atoms with Crippen molar-refractivity contribution in [3.05, 3.63) is 34.9 Å². The molecule has 0 saturated carbocycles. The average Bonchev–Trinajstić information content (AvgIpc) is 2.28. The molecule has 1 rings (SSSR count). The number of halogens is 1. The smallest absolute Gasteiger partial charge is 0.0615 e. The van der Waals surface area contributed by atoms with Gasteiger partial charge in [-0.15, -0.1) is 0 Å². The lowest BCUT2D eigenvalue weighted by Gasteiger charge is -2.17. The molecule has 0 radical (unpaired) electrons. The first-order valence-electron chi connectivity index (χ1n) is 5.73. The molecule has 0 fully saturated rings. The first kappa shape index (κ1) is 13.5. The first-order valence-corrected chi connectivity index (χ1v) is 6.11. The van der Waals surface area contributed by atoms with Crippen LogP contribution in [0.25, 0.3) is 0 Å². The molecule has 90 valence electrons. The number of nitrogens with one attached hydrogen (secondary N) is 1. The van der Waals surface area contributed by atoms with E-state index in [1.165, 1.54) is 0 Å². The van der Waals surface area contributed by atoms with Gasteiger partial charge in [0.25, 0.3) is 0 Å². The minimum atomic E-state index is 0.409. The third-order valence-electron chi connectivity index (χ3n) is 2.54. The van der Waals surface area contributed by atoms with E-state index in [-0.39, 0.29) is 0 Å². The van der Waals surface area contributed by atoms with Gasteiger partial charge in [-0.05, 0) is 18.1 Å². The van der Waals surface area contributed by atoms with Crippen LogP contribution >= 0.6 is 11.6 Å². The highest BCUT2D eigenvalue weighted by atomic mass is 35.5. The zero-order chi connectivity index (χ0) is 11.8. The maximum absolute atomic E-state index is 6.09. The summed E-state index contributed by atoms with van der Waals surface area (Å²) in [6.45, 7) is 3.73. The molecule has 16 heavy (non-hydrogen) atoms. The molecule has 0 aliphatic rings. The van der Waals surface area contributed by atoms with E-state index < -0.39 is 0 Å². The minimum absolute atomic E-state index is 0.409. The van der Waals surface area contributed by atoms with E-state index in [1.807, 2.05) is 24.3 Å². The molecule has 3 heteroatoms. The van der Waals surface area contributed by atoms with Crippen LogP contribution in [-0.2, 0) is 11.3 Å². The van der Waals surface area contributed by atoms with Crippen molar-refractivity contribution < 1.29 is 4.74 Å². The van der Waals surface area contributed by atoms with E-state index in [4.69, 9.17) is 16.3 Å². The molecule has 1 aromatic carbocycles. The van der Waals surface area contributed by atoms with Crippen molar-refractivity contribution in [3.63, 3.8) is 0 Å². The Morgan fingerprint density at radius 2 is 2.12 bits per heavy atom. The SMILES string of the molecule is CCCC(COC)NCc1ccccc1Cl. The number of hydrogen-bond donors (Lipinski definition) is 1. The Balaban J connectivity index is 2.45. The van der Waals surface area contributed by atoms with Crippen molar-refractivity contribution in [2.24, 2.45) is 0 Å². The highest BCUT2D eigenvalue weighted by Gasteiger charge is 2.07. The summed E-state index contributed by atoms with van der Waals surface area (Å²) in [6, 6.07) is 8.33. The Bertz CT molecular complexity index is 298. The highest BCUT2D eigenvalue weighted by molar-refractivity contribution is 6.31. The Morgan fingerprint density at radius 3 is 2.75 bits per heavy atom. The molecule has 1 aromatic rings. The van der Waals surface area contributed by atoms with E-state index in [2.05, 4.69) is 12.2 Å². The Morgan fingerprint density at radius 1 is 1.38 bits per heavy atom. The van der Waals surface area contributed by atoms with Gasteiger partial charge in [-0.25, -0.2) is 0 Å². The summed E-state index contributed by atoms with van der Waals surface area (Å²) in [4.78, 5) is 0. The van der Waals surface area contributed by atoms with Crippen molar-refractivity contribution in [1.29, 1.82) is 0 Å². The summed E-state index contributed by atoms with van der Waals surface area (Å²) in [7, 11) is 1.74. The van der Waals surface area contributed by atoms with Gasteiger partial charge >= 0.3 is 0 Å². The Kier molecular flexibility index (Phi) is 6.46. The first-order chi connectivity index (χ1) is 7.77. The van der Waals surface area contributed by atoms with Crippen LogP contribution in [-0.4, -0.2) is 19.8 Å². The minimum Gasteiger partial charge on any atom is -0.383 e. The summed E-state index contributed by atoms with van der Waals surface area (Å²) < 4.78 is 5.18. The fourth-order valence-electron chi connectivity index (χ4n) is 1.69. The third kappa shape index (κ3) is 4.52. The topological polar surface area (TPSA) is 21.3 Å². The van der Waals surface area contributed by atoms with Gasteiger partial charge in [0.05, 0.1) is 6.61 Å². The second-order valence-electron chi connectivity index (χ2n) is 3.91. The lowest BCUT2D eigenvalue weighted by Crippen LogP contribution is -2.32. The largest absolute Gasteiger partial charge is 0.383 e. The molecule has 0 saturated heterocycles. The lowest BCUT2D eigenvalue weighted by atomic mass is 10.1. The molecule has 1 unspecified atom stereocenters. The van der Waals surface area contributed by atoms with Crippen LogP contribution in [0.5, 0.6) is 0 Å². The highest BCUT2D eigenvalue weighted by Crippen LogP contribution is 2.14. The standard InChI is InChI=1S/C13H20ClNO/c1-3-6-12(10-16-2)15-9-11-7-4-5-8-13(11)14/h4-5,7-8,12,15H,3,6,9-10H2,1-2H3. The van der Waals surface area contributed by atoms with Gasteiger partial charge in [0.2, 0.25) is 0 Å². The van der Waals surface area contributed by atoms with Crippen LogP contribution in [0, 0.1) is 0 Å².